The molecule has 1 amide bonds. The molecule has 0 fully saturated rings. The van der Waals surface area contributed by atoms with Gasteiger partial charge in [-0.3, -0.25) is 4.79 Å². The molecule has 2 aliphatic rings. The Morgan fingerprint density at radius 2 is 1.89 bits per heavy atom. The molecule has 0 saturated heterocycles. The first kappa shape index (κ1) is 12.1. The first-order chi connectivity index (χ1) is 9.24. The van der Waals surface area contributed by atoms with Gasteiger partial charge in [-0.25, -0.2) is 0 Å². The molecule has 3 rings (SSSR count). The summed E-state index contributed by atoms with van der Waals surface area (Å²) < 4.78 is 10.8. The molecule has 100 valence electrons. The quantitative estimate of drug-likeness (QED) is 0.886. The van der Waals surface area contributed by atoms with Crippen LogP contribution >= 0.6 is 0 Å². The van der Waals surface area contributed by atoms with E-state index in [-0.39, 0.29) is 5.91 Å². The highest BCUT2D eigenvalue weighted by molar-refractivity contribution is 5.88. The van der Waals surface area contributed by atoms with Gasteiger partial charge < -0.3 is 14.8 Å². The first-order valence-electron chi connectivity index (χ1n) is 6.50. The smallest absolute Gasteiger partial charge is 0.224 e. The predicted molar refractivity (Wildman–Crippen MR) is 72.2 cm³/mol. The van der Waals surface area contributed by atoms with Crippen molar-refractivity contribution >= 4 is 11.5 Å². The van der Waals surface area contributed by atoms with Crippen molar-refractivity contribution in [2.45, 2.75) is 25.7 Å². The topological polar surface area (TPSA) is 47.6 Å². The number of carbonyl (C=O) groups excluding carboxylic acids is 1. The molecule has 1 aliphatic carbocycles. The van der Waals surface area contributed by atoms with Gasteiger partial charge in [-0.1, -0.05) is 6.07 Å². The molecule has 0 aromatic heterocycles. The van der Waals surface area contributed by atoms with E-state index in [1.165, 1.54) is 16.7 Å². The lowest BCUT2D eigenvalue weighted by Gasteiger charge is -2.29. The summed E-state index contributed by atoms with van der Waals surface area (Å²) in [5.74, 6) is 1.72. The Bertz CT molecular complexity index is 575. The van der Waals surface area contributed by atoms with Crippen LogP contribution in [0.2, 0.25) is 0 Å². The average molecular weight is 259 g/mol. The Morgan fingerprint density at radius 1 is 1.05 bits per heavy atom. The fourth-order valence-electron chi connectivity index (χ4n) is 2.98. The Balaban J connectivity index is 2.13. The SMILES string of the molecule is COc1ccc2c(c1OC)CCC1=C2CCC(=O)N1. The van der Waals surface area contributed by atoms with E-state index in [0.717, 1.165) is 36.5 Å². The maximum absolute atomic E-state index is 11.5. The van der Waals surface area contributed by atoms with E-state index in [1.54, 1.807) is 14.2 Å². The summed E-state index contributed by atoms with van der Waals surface area (Å²) in [4.78, 5) is 11.5. The van der Waals surface area contributed by atoms with Gasteiger partial charge in [-0.2, -0.15) is 0 Å². The number of allylic oxidation sites excluding steroid dienone is 2. The van der Waals surface area contributed by atoms with Crippen LogP contribution in [0.4, 0.5) is 0 Å². The molecule has 0 atom stereocenters. The average Bonchev–Trinajstić information content (AvgIpc) is 2.45. The van der Waals surface area contributed by atoms with Crippen molar-refractivity contribution in [1.29, 1.82) is 0 Å². The van der Waals surface area contributed by atoms with Crippen LogP contribution in [-0.2, 0) is 11.2 Å². The maximum Gasteiger partial charge on any atom is 0.224 e. The molecule has 1 aromatic carbocycles. The Morgan fingerprint density at radius 3 is 2.63 bits per heavy atom. The van der Waals surface area contributed by atoms with Gasteiger partial charge in [-0.05, 0) is 36.5 Å². The lowest BCUT2D eigenvalue weighted by atomic mass is 9.84. The van der Waals surface area contributed by atoms with Crippen LogP contribution in [0.25, 0.3) is 5.57 Å². The van der Waals surface area contributed by atoms with Gasteiger partial charge in [-0.15, -0.1) is 0 Å². The van der Waals surface area contributed by atoms with Gasteiger partial charge in [0, 0.05) is 17.7 Å². The first-order valence-corrected chi connectivity index (χ1v) is 6.50. The van der Waals surface area contributed by atoms with Crippen LogP contribution in [0, 0.1) is 0 Å². The van der Waals surface area contributed by atoms with Crippen LogP contribution in [-0.4, -0.2) is 20.1 Å². The zero-order valence-electron chi connectivity index (χ0n) is 11.2. The molecule has 0 spiro atoms. The number of amides is 1. The van der Waals surface area contributed by atoms with Crippen LogP contribution in [0.3, 0.4) is 0 Å². The molecule has 19 heavy (non-hydrogen) atoms. The number of fused-ring (bicyclic) bond motifs is 2. The van der Waals surface area contributed by atoms with Crippen LogP contribution < -0.4 is 14.8 Å². The van der Waals surface area contributed by atoms with E-state index in [4.69, 9.17) is 9.47 Å². The van der Waals surface area contributed by atoms with Gasteiger partial charge in [0.05, 0.1) is 14.2 Å². The van der Waals surface area contributed by atoms with Crippen molar-refractivity contribution in [2.75, 3.05) is 14.2 Å². The minimum absolute atomic E-state index is 0.127. The second kappa shape index (κ2) is 4.61. The zero-order chi connectivity index (χ0) is 13.4. The molecule has 0 radical (unpaired) electrons. The van der Waals surface area contributed by atoms with Crippen molar-refractivity contribution in [2.24, 2.45) is 0 Å². The molecule has 1 aliphatic heterocycles. The standard InChI is InChI=1S/C15H17NO3/c1-18-13-7-4-9-10-5-8-14(17)16-12(10)6-3-11(9)15(13)19-2/h4,7H,3,5-6,8H2,1-2H3,(H,16,17). The monoisotopic (exact) mass is 259 g/mol. The van der Waals surface area contributed by atoms with E-state index in [9.17, 15) is 4.79 Å². The fraction of sp³-hybridized carbons (Fsp3) is 0.400. The molecule has 0 bridgehead atoms. The maximum atomic E-state index is 11.5. The van der Waals surface area contributed by atoms with Crippen molar-refractivity contribution in [3.8, 4) is 11.5 Å². The second-order valence-corrected chi connectivity index (χ2v) is 4.83. The van der Waals surface area contributed by atoms with E-state index in [0.29, 0.717) is 6.42 Å². The third kappa shape index (κ3) is 1.87. The lowest BCUT2D eigenvalue weighted by Crippen LogP contribution is -2.29. The van der Waals surface area contributed by atoms with Gasteiger partial charge in [0.15, 0.2) is 11.5 Å². The number of benzene rings is 1. The molecule has 4 nitrogen and oxygen atoms in total. The highest BCUT2D eigenvalue weighted by Gasteiger charge is 2.27. The van der Waals surface area contributed by atoms with Gasteiger partial charge in [0.25, 0.3) is 0 Å². The molecule has 4 heteroatoms. The summed E-state index contributed by atoms with van der Waals surface area (Å²) in [6.45, 7) is 0. The summed E-state index contributed by atoms with van der Waals surface area (Å²) in [5, 5.41) is 2.99. The van der Waals surface area contributed by atoms with Crippen LogP contribution in [0.1, 0.15) is 30.4 Å². The summed E-state index contributed by atoms with van der Waals surface area (Å²) in [7, 11) is 3.32. The third-order valence-electron chi connectivity index (χ3n) is 3.86. The fourth-order valence-corrected chi connectivity index (χ4v) is 2.98. The number of hydrogen-bond acceptors (Lipinski definition) is 3. The number of carbonyl (C=O) groups is 1. The Labute approximate surface area is 112 Å². The number of ether oxygens (including phenoxy) is 2. The molecular formula is C15H17NO3. The second-order valence-electron chi connectivity index (χ2n) is 4.83. The van der Waals surface area contributed by atoms with Gasteiger partial charge in [0.2, 0.25) is 5.91 Å². The molecule has 1 N–H and O–H groups in total. The van der Waals surface area contributed by atoms with Crippen LogP contribution in [0.15, 0.2) is 17.8 Å². The summed E-state index contributed by atoms with van der Waals surface area (Å²) in [6, 6.07) is 4.01. The minimum Gasteiger partial charge on any atom is -0.493 e. The van der Waals surface area contributed by atoms with E-state index < -0.39 is 0 Å². The summed E-state index contributed by atoms with van der Waals surface area (Å²) >= 11 is 0. The van der Waals surface area contributed by atoms with Crippen molar-refractivity contribution in [3.63, 3.8) is 0 Å². The highest BCUT2D eigenvalue weighted by atomic mass is 16.5. The number of hydrogen-bond donors (Lipinski definition) is 1. The third-order valence-corrected chi connectivity index (χ3v) is 3.86. The molecule has 1 aromatic rings. The zero-order valence-corrected chi connectivity index (χ0v) is 11.2. The van der Waals surface area contributed by atoms with Crippen molar-refractivity contribution in [1.82, 2.24) is 5.32 Å². The van der Waals surface area contributed by atoms with E-state index in [2.05, 4.69) is 11.4 Å². The number of methoxy groups -OCH3 is 2. The van der Waals surface area contributed by atoms with E-state index in [1.807, 2.05) is 6.07 Å². The Kier molecular flexibility index (Phi) is 2.93. The minimum atomic E-state index is 0.127. The molecular weight excluding hydrogens is 242 g/mol. The number of rotatable bonds is 2. The molecule has 0 saturated carbocycles. The van der Waals surface area contributed by atoms with Gasteiger partial charge >= 0.3 is 0 Å². The summed E-state index contributed by atoms with van der Waals surface area (Å²) in [6.07, 6.45) is 3.10. The Hall–Kier alpha value is -1.97. The van der Waals surface area contributed by atoms with Crippen molar-refractivity contribution in [3.05, 3.63) is 29.0 Å². The molecule has 1 heterocycles. The largest absolute Gasteiger partial charge is 0.493 e. The molecule has 0 unspecified atom stereocenters. The van der Waals surface area contributed by atoms with Crippen molar-refractivity contribution < 1.29 is 14.3 Å². The van der Waals surface area contributed by atoms with Gasteiger partial charge in [0.1, 0.15) is 0 Å². The summed E-state index contributed by atoms with van der Waals surface area (Å²) in [5.41, 5.74) is 4.72. The lowest BCUT2D eigenvalue weighted by molar-refractivity contribution is -0.120. The van der Waals surface area contributed by atoms with E-state index >= 15 is 0 Å². The van der Waals surface area contributed by atoms with Crippen LogP contribution in [0.5, 0.6) is 11.5 Å². The normalized spacial score (nSPS) is 17.5. The predicted octanol–water partition coefficient (Wildman–Crippen LogP) is 2.27. The number of nitrogens with one attached hydrogen (secondary N) is 1. The highest BCUT2D eigenvalue weighted by Crippen LogP contribution is 2.43.